The molecule has 2 fully saturated rings. The summed E-state index contributed by atoms with van der Waals surface area (Å²) in [4.78, 5) is 15.8. The molecule has 3 heterocycles. The zero-order valence-electron chi connectivity index (χ0n) is 14.1. The minimum Gasteiger partial charge on any atom is -0.350 e. The fraction of sp³-hybridized carbons (Fsp3) is 0.625. The topological polar surface area (TPSA) is 71.2 Å². The lowest BCUT2D eigenvalue weighted by Crippen LogP contribution is -2.46. The van der Waals surface area contributed by atoms with Crippen molar-refractivity contribution in [2.45, 2.75) is 50.5 Å². The Bertz CT molecular complexity index is 726. The summed E-state index contributed by atoms with van der Waals surface area (Å²) in [6.07, 6.45) is 1.63. The summed E-state index contributed by atoms with van der Waals surface area (Å²) in [5.41, 5.74) is -0.887. The van der Waals surface area contributed by atoms with Gasteiger partial charge in [0.1, 0.15) is 17.8 Å². The smallest absolute Gasteiger partial charge is 0.350 e. The summed E-state index contributed by atoms with van der Waals surface area (Å²) in [5.74, 6) is 0.957. The molecule has 0 bridgehead atoms. The van der Waals surface area contributed by atoms with Crippen molar-refractivity contribution in [3.8, 4) is 0 Å². The van der Waals surface area contributed by atoms with Gasteiger partial charge in [-0.25, -0.2) is 9.97 Å². The van der Waals surface area contributed by atoms with Crippen molar-refractivity contribution < 1.29 is 17.7 Å². The summed E-state index contributed by atoms with van der Waals surface area (Å²) >= 11 is 0. The fourth-order valence-corrected chi connectivity index (χ4v) is 3.48. The summed E-state index contributed by atoms with van der Waals surface area (Å²) < 4.78 is 44.0. The number of anilines is 1. The Hall–Kier alpha value is -2.23. The first-order valence-electron chi connectivity index (χ1n) is 8.66. The lowest BCUT2D eigenvalue weighted by molar-refractivity contribution is -0.141. The van der Waals surface area contributed by atoms with Crippen LogP contribution in [0.3, 0.4) is 0 Å². The van der Waals surface area contributed by atoms with E-state index in [1.807, 2.05) is 0 Å². The van der Waals surface area contributed by atoms with Crippen molar-refractivity contribution in [1.29, 1.82) is 0 Å². The van der Waals surface area contributed by atoms with Crippen molar-refractivity contribution >= 4 is 5.82 Å². The van der Waals surface area contributed by atoms with E-state index < -0.39 is 11.9 Å². The van der Waals surface area contributed by atoms with Crippen LogP contribution >= 0.6 is 0 Å². The summed E-state index contributed by atoms with van der Waals surface area (Å²) in [5, 5.41) is 3.60. The van der Waals surface area contributed by atoms with Crippen molar-refractivity contribution in [1.82, 2.24) is 25.0 Å². The van der Waals surface area contributed by atoms with E-state index in [9.17, 15) is 13.2 Å². The number of halogens is 3. The number of piperidine rings is 1. The van der Waals surface area contributed by atoms with Crippen molar-refractivity contribution in [3.05, 3.63) is 30.3 Å². The molecule has 26 heavy (non-hydrogen) atoms. The highest BCUT2D eigenvalue weighted by atomic mass is 19.4. The van der Waals surface area contributed by atoms with Gasteiger partial charge in [0.15, 0.2) is 6.33 Å². The molecule has 0 unspecified atom stereocenters. The predicted molar refractivity (Wildman–Crippen MR) is 85.1 cm³/mol. The Balaban J connectivity index is 1.45. The molecule has 2 aromatic heterocycles. The summed E-state index contributed by atoms with van der Waals surface area (Å²) in [6, 6.07) is 1.53. The fourth-order valence-electron chi connectivity index (χ4n) is 3.48. The van der Waals surface area contributed by atoms with Crippen LogP contribution in [0.1, 0.15) is 37.3 Å². The Morgan fingerprint density at radius 3 is 2.38 bits per heavy atom. The molecular weight excluding hydrogens is 349 g/mol. The number of likely N-dealkylation sites (tertiary alicyclic amines) is 1. The van der Waals surface area contributed by atoms with Crippen LogP contribution in [0.15, 0.2) is 23.2 Å². The van der Waals surface area contributed by atoms with Crippen molar-refractivity contribution in [2.75, 3.05) is 18.0 Å². The molecule has 0 atom stereocenters. The average molecular weight is 368 g/mol. The molecule has 0 radical (unpaired) electrons. The van der Waals surface area contributed by atoms with Crippen molar-refractivity contribution in [3.63, 3.8) is 0 Å². The van der Waals surface area contributed by atoms with Gasteiger partial charge in [-0.05, 0) is 25.7 Å². The van der Waals surface area contributed by atoms with Crippen LogP contribution in [-0.4, -0.2) is 50.2 Å². The monoisotopic (exact) mass is 368 g/mol. The lowest BCUT2D eigenvalue weighted by atomic mass is 10.0. The van der Waals surface area contributed by atoms with Gasteiger partial charge < -0.3 is 9.42 Å². The Labute approximate surface area is 148 Å². The molecule has 1 aliphatic carbocycles. The lowest BCUT2D eigenvalue weighted by Gasteiger charge is -2.39. The number of aromatic nitrogens is 4. The van der Waals surface area contributed by atoms with E-state index in [4.69, 9.17) is 4.52 Å². The maximum Gasteiger partial charge on any atom is 0.433 e. The normalized spacial score (nSPS) is 19.7. The molecule has 10 heteroatoms. The van der Waals surface area contributed by atoms with E-state index in [0.717, 1.165) is 51.2 Å². The molecule has 1 saturated carbocycles. The van der Waals surface area contributed by atoms with Gasteiger partial charge >= 0.3 is 6.18 Å². The molecule has 0 spiro atoms. The third kappa shape index (κ3) is 3.79. The number of hydrogen-bond acceptors (Lipinski definition) is 7. The van der Waals surface area contributed by atoms with Crippen LogP contribution in [0.5, 0.6) is 0 Å². The summed E-state index contributed by atoms with van der Waals surface area (Å²) in [7, 11) is 0. The van der Waals surface area contributed by atoms with Gasteiger partial charge in [0.2, 0.25) is 5.89 Å². The standard InChI is InChI=1S/C16H19F3N6O/c17-16(18,19)13-7-14(21-9-20-13)25(11-1-2-11)12-3-5-24(6-4-12)8-15-22-10-23-26-15/h7,9-12H,1-6,8H2. The quantitative estimate of drug-likeness (QED) is 0.803. The first kappa shape index (κ1) is 17.2. The highest BCUT2D eigenvalue weighted by molar-refractivity contribution is 5.44. The minimum atomic E-state index is -4.46. The van der Waals surface area contributed by atoms with Crippen LogP contribution in [0.2, 0.25) is 0 Å². The van der Waals surface area contributed by atoms with Gasteiger partial charge in [-0.2, -0.15) is 18.2 Å². The Morgan fingerprint density at radius 2 is 1.77 bits per heavy atom. The second kappa shape index (κ2) is 6.82. The molecule has 7 nitrogen and oxygen atoms in total. The minimum absolute atomic E-state index is 0.178. The van der Waals surface area contributed by atoms with Crippen molar-refractivity contribution in [2.24, 2.45) is 0 Å². The van der Waals surface area contributed by atoms with Gasteiger partial charge in [0, 0.05) is 31.2 Å². The van der Waals surface area contributed by atoms with E-state index in [1.165, 1.54) is 6.33 Å². The van der Waals surface area contributed by atoms with Crippen LogP contribution in [0, 0.1) is 0 Å². The Kier molecular flexibility index (Phi) is 4.51. The van der Waals surface area contributed by atoms with Crippen LogP contribution in [0.25, 0.3) is 0 Å². The zero-order valence-corrected chi connectivity index (χ0v) is 14.1. The van der Waals surface area contributed by atoms with Gasteiger partial charge in [-0.3, -0.25) is 4.90 Å². The van der Waals surface area contributed by atoms with E-state index in [-0.39, 0.29) is 12.1 Å². The second-order valence-electron chi connectivity index (χ2n) is 6.74. The van der Waals surface area contributed by atoms with Crippen LogP contribution in [-0.2, 0) is 12.7 Å². The molecule has 2 aliphatic rings. The van der Waals surface area contributed by atoms with Crippen LogP contribution < -0.4 is 4.90 Å². The molecule has 1 saturated heterocycles. The molecule has 4 rings (SSSR count). The van der Waals surface area contributed by atoms with E-state index in [1.54, 1.807) is 0 Å². The molecule has 0 aromatic carbocycles. The molecular formula is C16H19F3N6O. The summed E-state index contributed by atoms with van der Waals surface area (Å²) in [6.45, 7) is 2.25. The number of alkyl halides is 3. The van der Waals surface area contributed by atoms with Crippen LogP contribution in [0.4, 0.5) is 19.0 Å². The second-order valence-corrected chi connectivity index (χ2v) is 6.74. The number of hydrogen-bond donors (Lipinski definition) is 0. The van der Waals surface area contributed by atoms with E-state index in [0.29, 0.717) is 18.3 Å². The highest BCUT2D eigenvalue weighted by Crippen LogP contribution is 2.37. The zero-order chi connectivity index (χ0) is 18.1. The SMILES string of the molecule is FC(F)(F)c1cc(N(C2CC2)C2CCN(Cc3ncno3)CC2)ncn1. The van der Waals surface area contributed by atoms with Gasteiger partial charge in [0.05, 0.1) is 6.54 Å². The van der Waals surface area contributed by atoms with Gasteiger partial charge in [0.25, 0.3) is 0 Å². The van der Waals surface area contributed by atoms with Gasteiger partial charge in [-0.1, -0.05) is 5.16 Å². The maximum atomic E-state index is 13.0. The Morgan fingerprint density at radius 1 is 1.04 bits per heavy atom. The first-order chi connectivity index (χ1) is 12.5. The molecule has 140 valence electrons. The van der Waals surface area contributed by atoms with E-state index >= 15 is 0 Å². The third-order valence-corrected chi connectivity index (χ3v) is 4.86. The third-order valence-electron chi connectivity index (χ3n) is 4.86. The predicted octanol–water partition coefficient (Wildman–Crippen LogP) is 2.51. The van der Waals surface area contributed by atoms with Gasteiger partial charge in [-0.15, -0.1) is 0 Å². The molecule has 0 N–H and O–H groups in total. The average Bonchev–Trinajstić information content (AvgIpc) is 3.32. The molecule has 1 aliphatic heterocycles. The van der Waals surface area contributed by atoms with E-state index in [2.05, 4.69) is 29.9 Å². The maximum absolute atomic E-state index is 13.0. The largest absolute Gasteiger partial charge is 0.433 e. The first-order valence-corrected chi connectivity index (χ1v) is 8.66. The number of nitrogens with zero attached hydrogens (tertiary/aromatic N) is 6. The highest BCUT2D eigenvalue weighted by Gasteiger charge is 2.39. The number of rotatable bonds is 5. The molecule has 0 amide bonds. The molecule has 2 aromatic rings.